The van der Waals surface area contributed by atoms with E-state index in [-0.39, 0.29) is 11.8 Å². The minimum absolute atomic E-state index is 0.0894. The Labute approximate surface area is 128 Å². The van der Waals surface area contributed by atoms with Crippen molar-refractivity contribution in [2.45, 2.75) is 12.3 Å². The normalized spacial score (nSPS) is 16.6. The second kappa shape index (κ2) is 5.55. The van der Waals surface area contributed by atoms with Gasteiger partial charge in [-0.1, -0.05) is 12.1 Å². The number of fused-ring (bicyclic) bond motifs is 1. The number of aromatic nitrogens is 1. The fourth-order valence-corrected chi connectivity index (χ4v) is 2.73. The highest BCUT2D eigenvalue weighted by Gasteiger charge is 2.29. The maximum absolute atomic E-state index is 12.0. The molecule has 3 rings (SSSR count). The van der Waals surface area contributed by atoms with Crippen molar-refractivity contribution in [2.24, 2.45) is 0 Å². The first-order valence-corrected chi connectivity index (χ1v) is 6.90. The molecule has 6 nitrogen and oxygen atoms in total. The van der Waals surface area contributed by atoms with Crippen molar-refractivity contribution >= 4 is 17.5 Å². The molecule has 1 aromatic carbocycles. The summed E-state index contributed by atoms with van der Waals surface area (Å²) in [4.78, 5) is 16.2. The number of hydrogen-bond donors (Lipinski definition) is 2. The van der Waals surface area contributed by atoms with Crippen LogP contribution in [0.4, 0.5) is 11.6 Å². The monoisotopic (exact) mass is 299 g/mol. The molecule has 6 heteroatoms. The van der Waals surface area contributed by atoms with E-state index in [9.17, 15) is 4.79 Å². The van der Waals surface area contributed by atoms with Crippen molar-refractivity contribution in [1.29, 1.82) is 0 Å². The van der Waals surface area contributed by atoms with Gasteiger partial charge in [-0.25, -0.2) is 4.98 Å². The van der Waals surface area contributed by atoms with E-state index < -0.39 is 0 Å². The Morgan fingerprint density at radius 1 is 1.18 bits per heavy atom. The van der Waals surface area contributed by atoms with Gasteiger partial charge in [0.1, 0.15) is 23.1 Å². The van der Waals surface area contributed by atoms with Crippen LogP contribution in [-0.2, 0) is 4.79 Å². The van der Waals surface area contributed by atoms with E-state index in [0.29, 0.717) is 29.6 Å². The predicted molar refractivity (Wildman–Crippen MR) is 83.3 cm³/mol. The molecule has 3 N–H and O–H groups in total. The lowest BCUT2D eigenvalue weighted by Gasteiger charge is -2.26. The minimum atomic E-state index is -0.127. The maximum Gasteiger partial charge on any atom is 0.226 e. The maximum atomic E-state index is 12.0. The molecule has 1 unspecified atom stereocenters. The van der Waals surface area contributed by atoms with Gasteiger partial charge >= 0.3 is 0 Å². The quantitative estimate of drug-likeness (QED) is 0.907. The average molecular weight is 299 g/mol. The van der Waals surface area contributed by atoms with Crippen LogP contribution in [-0.4, -0.2) is 25.1 Å². The summed E-state index contributed by atoms with van der Waals surface area (Å²) >= 11 is 0. The fraction of sp³-hybridized carbons (Fsp3) is 0.250. The van der Waals surface area contributed by atoms with Crippen LogP contribution in [0.5, 0.6) is 11.5 Å². The van der Waals surface area contributed by atoms with Crippen LogP contribution in [0.3, 0.4) is 0 Å². The van der Waals surface area contributed by atoms with E-state index in [1.54, 1.807) is 20.3 Å². The number of carbonyl (C=O) groups is 1. The number of methoxy groups -OCH3 is 2. The lowest BCUT2D eigenvalue weighted by atomic mass is 9.85. The number of nitrogens with zero attached hydrogens (tertiary/aromatic N) is 1. The molecule has 0 saturated heterocycles. The third kappa shape index (κ3) is 2.43. The van der Waals surface area contributed by atoms with Gasteiger partial charge < -0.3 is 20.5 Å². The summed E-state index contributed by atoms with van der Waals surface area (Å²) in [5, 5.41) is 2.76. The van der Waals surface area contributed by atoms with Crippen molar-refractivity contribution < 1.29 is 14.3 Å². The van der Waals surface area contributed by atoms with E-state index in [1.165, 1.54) is 0 Å². The smallest absolute Gasteiger partial charge is 0.226 e. The van der Waals surface area contributed by atoms with Crippen LogP contribution >= 0.6 is 0 Å². The van der Waals surface area contributed by atoms with E-state index in [1.807, 2.05) is 24.3 Å². The van der Waals surface area contributed by atoms with Crippen molar-refractivity contribution in [3.8, 4) is 11.5 Å². The molecule has 1 amide bonds. The van der Waals surface area contributed by atoms with Crippen LogP contribution in [0, 0.1) is 0 Å². The van der Waals surface area contributed by atoms with Crippen molar-refractivity contribution in [3.63, 3.8) is 0 Å². The number of rotatable bonds is 3. The number of hydrogen-bond acceptors (Lipinski definition) is 5. The van der Waals surface area contributed by atoms with Gasteiger partial charge in [0.2, 0.25) is 5.91 Å². The molecule has 1 aliphatic rings. The molecule has 114 valence electrons. The highest BCUT2D eigenvalue weighted by atomic mass is 16.5. The summed E-state index contributed by atoms with van der Waals surface area (Å²) < 4.78 is 10.7. The number of amides is 1. The number of ether oxygens (including phenoxy) is 2. The molecular formula is C16H17N3O3. The first-order chi connectivity index (χ1) is 10.6. The van der Waals surface area contributed by atoms with E-state index in [4.69, 9.17) is 15.2 Å². The Morgan fingerprint density at radius 3 is 2.68 bits per heavy atom. The molecule has 0 fully saturated rings. The number of pyridine rings is 1. The zero-order valence-corrected chi connectivity index (χ0v) is 12.4. The Bertz CT molecular complexity index is 731. The third-order valence-corrected chi connectivity index (χ3v) is 3.79. The Morgan fingerprint density at radius 2 is 1.95 bits per heavy atom. The van der Waals surface area contributed by atoms with Crippen LogP contribution in [0.25, 0.3) is 0 Å². The zero-order chi connectivity index (χ0) is 15.7. The van der Waals surface area contributed by atoms with E-state index in [2.05, 4.69) is 10.3 Å². The van der Waals surface area contributed by atoms with Gasteiger partial charge in [-0.3, -0.25) is 4.79 Å². The highest BCUT2D eigenvalue weighted by molar-refractivity contribution is 5.94. The molecule has 0 radical (unpaired) electrons. The number of nitrogen functional groups attached to an aromatic ring is 1. The molecule has 1 aliphatic heterocycles. The molecule has 0 saturated carbocycles. The first kappa shape index (κ1) is 14.2. The summed E-state index contributed by atoms with van der Waals surface area (Å²) in [6, 6.07) is 9.22. The number of anilines is 2. The predicted octanol–water partition coefficient (Wildman–Crippen LogP) is 2.16. The van der Waals surface area contributed by atoms with Crippen LogP contribution in [0.2, 0.25) is 0 Å². The highest BCUT2D eigenvalue weighted by Crippen LogP contribution is 2.41. The lowest BCUT2D eigenvalue weighted by Crippen LogP contribution is -2.25. The zero-order valence-electron chi connectivity index (χ0n) is 12.4. The summed E-state index contributed by atoms with van der Waals surface area (Å²) in [5.74, 6) is 2.06. The molecule has 2 heterocycles. The van der Waals surface area contributed by atoms with Gasteiger partial charge in [0.25, 0.3) is 0 Å². The average Bonchev–Trinajstić information content (AvgIpc) is 2.53. The number of carbonyl (C=O) groups excluding carboxylic acids is 1. The second-order valence-electron chi connectivity index (χ2n) is 5.09. The van der Waals surface area contributed by atoms with Crippen molar-refractivity contribution in [3.05, 3.63) is 41.5 Å². The molecule has 1 aromatic heterocycles. The number of nitrogens with two attached hydrogens (primary N) is 1. The Balaban J connectivity index is 2.11. The molecule has 0 aliphatic carbocycles. The lowest BCUT2D eigenvalue weighted by molar-refractivity contribution is -0.116. The standard InChI is InChI=1S/C16H17N3O3/c1-21-9-3-4-10(13(7-9)22-2)12-8-15(20)19-16-11(12)5-6-14(17)18-16/h3-7,12H,8H2,1-2H3,(H3,17,18,19,20). The SMILES string of the molecule is COc1ccc(C2CC(=O)Nc3nc(N)ccc32)c(OC)c1. The molecule has 2 aromatic rings. The first-order valence-electron chi connectivity index (χ1n) is 6.90. The second-order valence-corrected chi connectivity index (χ2v) is 5.09. The Kier molecular flexibility index (Phi) is 3.58. The summed E-state index contributed by atoms with van der Waals surface area (Å²) in [6.07, 6.45) is 0.335. The fourth-order valence-electron chi connectivity index (χ4n) is 2.73. The van der Waals surface area contributed by atoms with Gasteiger partial charge in [0.05, 0.1) is 14.2 Å². The van der Waals surface area contributed by atoms with Crippen molar-refractivity contribution in [2.75, 3.05) is 25.3 Å². The van der Waals surface area contributed by atoms with E-state index in [0.717, 1.165) is 11.1 Å². The molecule has 22 heavy (non-hydrogen) atoms. The van der Waals surface area contributed by atoms with Crippen LogP contribution < -0.4 is 20.5 Å². The molecular weight excluding hydrogens is 282 g/mol. The molecule has 1 atom stereocenters. The van der Waals surface area contributed by atoms with Crippen LogP contribution in [0.15, 0.2) is 30.3 Å². The van der Waals surface area contributed by atoms with Crippen LogP contribution in [0.1, 0.15) is 23.5 Å². The van der Waals surface area contributed by atoms with Gasteiger partial charge in [-0.05, 0) is 12.1 Å². The minimum Gasteiger partial charge on any atom is -0.497 e. The summed E-state index contributed by atoms with van der Waals surface area (Å²) in [6.45, 7) is 0. The largest absolute Gasteiger partial charge is 0.497 e. The summed E-state index contributed by atoms with van der Waals surface area (Å²) in [7, 11) is 3.20. The van der Waals surface area contributed by atoms with Gasteiger partial charge in [0, 0.05) is 29.5 Å². The van der Waals surface area contributed by atoms with Gasteiger partial charge in [-0.15, -0.1) is 0 Å². The Hall–Kier alpha value is -2.76. The summed E-state index contributed by atoms with van der Waals surface area (Å²) in [5.41, 5.74) is 7.55. The number of nitrogens with one attached hydrogen (secondary N) is 1. The number of benzene rings is 1. The third-order valence-electron chi connectivity index (χ3n) is 3.79. The van der Waals surface area contributed by atoms with Gasteiger partial charge in [0.15, 0.2) is 0 Å². The van der Waals surface area contributed by atoms with E-state index >= 15 is 0 Å². The molecule has 0 bridgehead atoms. The van der Waals surface area contributed by atoms with Gasteiger partial charge in [-0.2, -0.15) is 0 Å². The van der Waals surface area contributed by atoms with Crippen molar-refractivity contribution in [1.82, 2.24) is 4.98 Å². The topological polar surface area (TPSA) is 86.5 Å². The molecule has 0 spiro atoms.